The molecule has 0 spiro atoms. The van der Waals surface area contributed by atoms with Crippen LogP contribution in [0.3, 0.4) is 0 Å². The summed E-state index contributed by atoms with van der Waals surface area (Å²) in [7, 11) is 0. The maximum atomic E-state index is 11.9. The monoisotopic (exact) mass is 250 g/mol. The first-order valence-electron chi connectivity index (χ1n) is 5.56. The number of carbonyl (C=O) groups is 2. The minimum absolute atomic E-state index is 0.147. The van der Waals surface area contributed by atoms with Crippen molar-refractivity contribution in [1.29, 1.82) is 0 Å². The molecule has 1 atom stereocenters. The number of nitrogens with zero attached hydrogens (tertiary/aromatic N) is 1. The standard InChI is InChI=1S/C12H14N2O2S/c1-2-8-14-11(15)10(17-12(14)16)13-9-6-4-3-5-7-9/h3-7,10,13H,2,8H2,1H3/t10-/m1/s1. The molecule has 1 fully saturated rings. The summed E-state index contributed by atoms with van der Waals surface area (Å²) in [5.74, 6) is -0.147. The predicted molar refractivity (Wildman–Crippen MR) is 68.8 cm³/mol. The van der Waals surface area contributed by atoms with Gasteiger partial charge in [0.1, 0.15) is 0 Å². The van der Waals surface area contributed by atoms with E-state index in [1.54, 1.807) is 0 Å². The molecule has 0 unspecified atom stereocenters. The molecule has 0 aliphatic carbocycles. The van der Waals surface area contributed by atoms with Gasteiger partial charge in [-0.25, -0.2) is 0 Å². The average molecular weight is 250 g/mol. The molecular formula is C12H14N2O2S. The van der Waals surface area contributed by atoms with Crippen LogP contribution in [-0.2, 0) is 4.79 Å². The number of nitrogens with one attached hydrogen (secondary N) is 1. The number of carbonyl (C=O) groups excluding carboxylic acids is 2. The summed E-state index contributed by atoms with van der Waals surface area (Å²) in [4.78, 5) is 24.8. The second-order valence-corrected chi connectivity index (χ2v) is 4.82. The molecule has 1 aliphatic heterocycles. The van der Waals surface area contributed by atoms with Gasteiger partial charge in [-0.1, -0.05) is 25.1 Å². The molecule has 1 heterocycles. The third kappa shape index (κ3) is 2.61. The van der Waals surface area contributed by atoms with Gasteiger partial charge in [-0.05, 0) is 30.3 Å². The second kappa shape index (κ2) is 5.23. The number of thioether (sulfide) groups is 1. The van der Waals surface area contributed by atoms with Crippen molar-refractivity contribution in [3.05, 3.63) is 30.3 Å². The lowest BCUT2D eigenvalue weighted by Crippen LogP contribution is -2.34. The van der Waals surface area contributed by atoms with Gasteiger partial charge in [0, 0.05) is 12.2 Å². The van der Waals surface area contributed by atoms with Gasteiger partial charge in [0.05, 0.1) is 0 Å². The van der Waals surface area contributed by atoms with Crippen LogP contribution in [0.1, 0.15) is 13.3 Å². The van der Waals surface area contributed by atoms with Gasteiger partial charge in [0.15, 0.2) is 5.37 Å². The molecule has 1 aliphatic rings. The molecule has 4 nitrogen and oxygen atoms in total. The maximum absolute atomic E-state index is 11.9. The van der Waals surface area contributed by atoms with E-state index in [1.807, 2.05) is 37.3 Å². The topological polar surface area (TPSA) is 49.4 Å². The van der Waals surface area contributed by atoms with E-state index in [0.717, 1.165) is 23.9 Å². The van der Waals surface area contributed by atoms with E-state index in [4.69, 9.17) is 0 Å². The van der Waals surface area contributed by atoms with Gasteiger partial charge in [-0.15, -0.1) is 0 Å². The summed E-state index contributed by atoms with van der Waals surface area (Å²) in [5.41, 5.74) is 0.851. The van der Waals surface area contributed by atoms with Crippen molar-refractivity contribution in [2.24, 2.45) is 0 Å². The quantitative estimate of drug-likeness (QED) is 0.892. The third-order valence-electron chi connectivity index (χ3n) is 2.45. The molecule has 1 saturated heterocycles. The van der Waals surface area contributed by atoms with Gasteiger partial charge < -0.3 is 5.32 Å². The van der Waals surface area contributed by atoms with E-state index in [-0.39, 0.29) is 11.1 Å². The largest absolute Gasteiger partial charge is 0.365 e. The number of anilines is 1. The van der Waals surface area contributed by atoms with Crippen LogP contribution in [0.2, 0.25) is 0 Å². The number of rotatable bonds is 4. The molecule has 1 aromatic rings. The molecule has 0 bridgehead atoms. The van der Waals surface area contributed by atoms with Gasteiger partial charge >= 0.3 is 0 Å². The van der Waals surface area contributed by atoms with E-state index in [0.29, 0.717) is 6.54 Å². The summed E-state index contributed by atoms with van der Waals surface area (Å²) in [6.07, 6.45) is 0.788. The lowest BCUT2D eigenvalue weighted by molar-refractivity contribution is -0.126. The number of benzene rings is 1. The predicted octanol–water partition coefficient (Wildman–Crippen LogP) is 2.53. The highest BCUT2D eigenvalue weighted by atomic mass is 32.2. The Morgan fingerprint density at radius 3 is 2.65 bits per heavy atom. The second-order valence-electron chi connectivity index (χ2n) is 3.76. The normalized spacial score (nSPS) is 19.8. The number of hydrogen-bond donors (Lipinski definition) is 1. The molecule has 1 N–H and O–H groups in total. The SMILES string of the molecule is CCCN1C(=O)S[C@@H](Nc2ccccc2)C1=O. The van der Waals surface area contributed by atoms with Gasteiger partial charge in [0.2, 0.25) is 0 Å². The smallest absolute Gasteiger partial charge is 0.290 e. The Balaban J connectivity index is 2.04. The van der Waals surface area contributed by atoms with Crippen molar-refractivity contribution in [2.75, 3.05) is 11.9 Å². The fourth-order valence-corrected chi connectivity index (χ4v) is 2.58. The Hall–Kier alpha value is -1.49. The zero-order valence-corrected chi connectivity index (χ0v) is 10.4. The number of hydrogen-bond acceptors (Lipinski definition) is 4. The van der Waals surface area contributed by atoms with Crippen LogP contribution in [0.5, 0.6) is 0 Å². The fourth-order valence-electron chi connectivity index (χ4n) is 1.65. The van der Waals surface area contributed by atoms with E-state index < -0.39 is 5.37 Å². The van der Waals surface area contributed by atoms with Crippen molar-refractivity contribution in [3.8, 4) is 0 Å². The molecule has 5 heteroatoms. The first-order valence-corrected chi connectivity index (χ1v) is 6.44. The first kappa shape index (κ1) is 12.0. The van der Waals surface area contributed by atoms with E-state index in [9.17, 15) is 9.59 Å². The molecule has 90 valence electrons. The summed E-state index contributed by atoms with van der Waals surface area (Å²) in [6.45, 7) is 2.45. The highest BCUT2D eigenvalue weighted by Crippen LogP contribution is 2.28. The minimum atomic E-state index is -0.489. The van der Waals surface area contributed by atoms with Crippen LogP contribution >= 0.6 is 11.8 Å². The zero-order chi connectivity index (χ0) is 12.3. The Morgan fingerprint density at radius 2 is 2.00 bits per heavy atom. The number of imide groups is 1. The van der Waals surface area contributed by atoms with E-state index >= 15 is 0 Å². The molecule has 0 radical (unpaired) electrons. The van der Waals surface area contributed by atoms with Crippen LogP contribution in [0.4, 0.5) is 10.5 Å². The Morgan fingerprint density at radius 1 is 1.29 bits per heavy atom. The van der Waals surface area contributed by atoms with Crippen molar-refractivity contribution >= 4 is 28.6 Å². The van der Waals surface area contributed by atoms with Crippen LogP contribution < -0.4 is 5.32 Å². The molecule has 0 saturated carbocycles. The lowest BCUT2D eigenvalue weighted by Gasteiger charge is -2.13. The molecule has 1 aromatic carbocycles. The minimum Gasteiger partial charge on any atom is -0.365 e. The van der Waals surface area contributed by atoms with E-state index in [2.05, 4.69) is 5.32 Å². The lowest BCUT2D eigenvalue weighted by atomic mass is 10.3. The van der Waals surface area contributed by atoms with Crippen LogP contribution in [0, 0.1) is 0 Å². The molecular weight excluding hydrogens is 236 g/mol. The van der Waals surface area contributed by atoms with Crippen molar-refractivity contribution in [3.63, 3.8) is 0 Å². The average Bonchev–Trinajstić information content (AvgIpc) is 2.59. The molecule has 0 aromatic heterocycles. The summed E-state index contributed by atoms with van der Waals surface area (Å²) < 4.78 is 0. The summed E-state index contributed by atoms with van der Waals surface area (Å²) in [5, 5.41) is 2.41. The maximum Gasteiger partial charge on any atom is 0.290 e. The Bertz CT molecular complexity index is 422. The van der Waals surface area contributed by atoms with Crippen LogP contribution in [-0.4, -0.2) is 28.0 Å². The molecule has 2 rings (SSSR count). The Labute approximate surface area is 104 Å². The van der Waals surface area contributed by atoms with Crippen LogP contribution in [0.25, 0.3) is 0 Å². The summed E-state index contributed by atoms with van der Waals surface area (Å²) in [6, 6.07) is 9.43. The van der Waals surface area contributed by atoms with Crippen molar-refractivity contribution < 1.29 is 9.59 Å². The van der Waals surface area contributed by atoms with Crippen molar-refractivity contribution in [2.45, 2.75) is 18.7 Å². The molecule has 2 amide bonds. The highest BCUT2D eigenvalue weighted by molar-refractivity contribution is 8.15. The Kier molecular flexibility index (Phi) is 3.68. The zero-order valence-electron chi connectivity index (χ0n) is 9.55. The number of amides is 2. The first-order chi connectivity index (χ1) is 8.22. The fraction of sp³-hybridized carbons (Fsp3) is 0.333. The van der Waals surface area contributed by atoms with Crippen molar-refractivity contribution in [1.82, 2.24) is 4.90 Å². The van der Waals surface area contributed by atoms with Crippen LogP contribution in [0.15, 0.2) is 30.3 Å². The molecule has 17 heavy (non-hydrogen) atoms. The number of para-hydroxylation sites is 1. The van der Waals surface area contributed by atoms with E-state index in [1.165, 1.54) is 4.90 Å². The van der Waals surface area contributed by atoms with Gasteiger partial charge in [-0.2, -0.15) is 0 Å². The summed E-state index contributed by atoms with van der Waals surface area (Å²) >= 11 is 1.04. The van der Waals surface area contributed by atoms with Gasteiger partial charge in [0.25, 0.3) is 11.1 Å². The highest BCUT2D eigenvalue weighted by Gasteiger charge is 2.38. The van der Waals surface area contributed by atoms with Gasteiger partial charge in [-0.3, -0.25) is 14.5 Å². The third-order valence-corrected chi connectivity index (χ3v) is 3.43.